The molecule has 0 amide bonds. The fourth-order valence-corrected chi connectivity index (χ4v) is 3.26. The molecule has 2 aromatic carbocycles. The van der Waals surface area contributed by atoms with E-state index in [0.717, 1.165) is 19.3 Å². The normalized spacial score (nSPS) is 12.4. The van der Waals surface area contributed by atoms with Gasteiger partial charge in [0, 0.05) is 0 Å². The van der Waals surface area contributed by atoms with Crippen molar-refractivity contribution >= 4 is 33.4 Å². The van der Waals surface area contributed by atoms with Gasteiger partial charge in [-0.3, -0.25) is 0 Å². The highest BCUT2D eigenvalue weighted by molar-refractivity contribution is 14.1. The maximum Gasteiger partial charge on any atom is 0.279 e. The van der Waals surface area contributed by atoms with Gasteiger partial charge in [0.05, 0.1) is 3.58 Å². The third-order valence-corrected chi connectivity index (χ3v) is 4.96. The van der Waals surface area contributed by atoms with Crippen LogP contribution < -0.4 is 0 Å². The van der Waals surface area contributed by atoms with Crippen LogP contribution in [0.1, 0.15) is 25.3 Å². The Bertz CT molecular complexity index is 610. The van der Waals surface area contributed by atoms with E-state index in [1.54, 1.807) is 22.6 Å². The van der Waals surface area contributed by atoms with Gasteiger partial charge < -0.3 is 0 Å². The van der Waals surface area contributed by atoms with Crippen LogP contribution >= 0.6 is 22.6 Å². The fraction of sp³-hybridized carbons (Fsp3) is 0.294. The maximum atomic E-state index is 12.7. The zero-order valence-electron chi connectivity index (χ0n) is 11.4. The van der Waals surface area contributed by atoms with Gasteiger partial charge in [-0.2, -0.15) is 8.78 Å². The quantitative estimate of drug-likeness (QED) is 0.526. The lowest BCUT2D eigenvalue weighted by atomic mass is 9.94. The molecule has 0 bridgehead atoms. The molecule has 0 N–H and O–H groups in total. The van der Waals surface area contributed by atoms with Gasteiger partial charge in [-0.1, -0.05) is 49.4 Å². The van der Waals surface area contributed by atoms with E-state index in [9.17, 15) is 8.78 Å². The van der Waals surface area contributed by atoms with Crippen LogP contribution in [0.3, 0.4) is 0 Å². The van der Waals surface area contributed by atoms with Gasteiger partial charge in [0.25, 0.3) is 6.08 Å². The van der Waals surface area contributed by atoms with E-state index in [4.69, 9.17) is 0 Å². The Morgan fingerprint density at radius 2 is 1.80 bits per heavy atom. The van der Waals surface area contributed by atoms with Crippen molar-refractivity contribution in [1.29, 1.82) is 0 Å². The smallest absolute Gasteiger partial charge is 0.173 e. The second-order valence-corrected chi connectivity index (χ2v) is 6.05. The lowest BCUT2D eigenvalue weighted by Gasteiger charge is -2.14. The fourth-order valence-electron chi connectivity index (χ4n) is 2.50. The summed E-state index contributed by atoms with van der Waals surface area (Å²) in [4.78, 5) is 0. The first-order valence-electron chi connectivity index (χ1n) is 6.80. The van der Waals surface area contributed by atoms with E-state index >= 15 is 0 Å². The van der Waals surface area contributed by atoms with E-state index in [-0.39, 0.29) is 9.50 Å². The standard InChI is InChI=1S/C17H17F2I/c1-2-12(16(20)17(18)19)10-11-14-8-5-7-13-6-3-4-9-15(13)14/h3-9,12H,2,10-11H2,1H3. The molecular weight excluding hydrogens is 369 g/mol. The van der Waals surface area contributed by atoms with Gasteiger partial charge in [-0.25, -0.2) is 0 Å². The molecule has 20 heavy (non-hydrogen) atoms. The Balaban J connectivity index is 2.19. The van der Waals surface area contributed by atoms with Crippen LogP contribution in [-0.2, 0) is 6.42 Å². The van der Waals surface area contributed by atoms with Crippen molar-refractivity contribution in [2.75, 3.05) is 0 Å². The van der Waals surface area contributed by atoms with E-state index in [2.05, 4.69) is 24.3 Å². The van der Waals surface area contributed by atoms with Crippen molar-refractivity contribution in [3.8, 4) is 0 Å². The molecule has 0 nitrogen and oxygen atoms in total. The zero-order valence-corrected chi connectivity index (χ0v) is 13.5. The zero-order chi connectivity index (χ0) is 14.5. The van der Waals surface area contributed by atoms with E-state index < -0.39 is 6.08 Å². The summed E-state index contributed by atoms with van der Waals surface area (Å²) in [5.74, 6) is -0.0421. The molecule has 0 saturated carbocycles. The number of hydrogen-bond acceptors (Lipinski definition) is 0. The topological polar surface area (TPSA) is 0 Å². The predicted molar refractivity (Wildman–Crippen MR) is 89.3 cm³/mol. The van der Waals surface area contributed by atoms with Crippen LogP contribution in [-0.4, -0.2) is 0 Å². The molecule has 0 aromatic heterocycles. The minimum absolute atomic E-state index is 0.0421. The van der Waals surface area contributed by atoms with Gasteiger partial charge in [-0.05, 0) is 64.1 Å². The van der Waals surface area contributed by atoms with Crippen LogP contribution in [0.25, 0.3) is 10.8 Å². The third-order valence-electron chi connectivity index (χ3n) is 3.67. The van der Waals surface area contributed by atoms with Gasteiger partial charge in [0.15, 0.2) is 0 Å². The Labute approximate surface area is 132 Å². The number of rotatable bonds is 5. The Morgan fingerprint density at radius 3 is 2.50 bits per heavy atom. The minimum Gasteiger partial charge on any atom is -0.173 e. The molecular formula is C17H17F2I. The Kier molecular flexibility index (Phi) is 5.52. The van der Waals surface area contributed by atoms with Crippen LogP contribution in [0.4, 0.5) is 8.78 Å². The predicted octanol–water partition coefficient (Wildman–Crippen LogP) is 6.34. The highest BCUT2D eigenvalue weighted by Crippen LogP contribution is 2.31. The van der Waals surface area contributed by atoms with Crippen molar-refractivity contribution in [3.05, 3.63) is 57.7 Å². The summed E-state index contributed by atoms with van der Waals surface area (Å²) in [6, 6.07) is 14.4. The molecule has 0 radical (unpaired) electrons. The number of allylic oxidation sites excluding steroid dienone is 1. The number of fused-ring (bicyclic) bond motifs is 1. The van der Waals surface area contributed by atoms with Crippen LogP contribution in [0.2, 0.25) is 0 Å². The second kappa shape index (κ2) is 7.16. The van der Waals surface area contributed by atoms with Crippen molar-refractivity contribution in [2.24, 2.45) is 5.92 Å². The summed E-state index contributed by atoms with van der Waals surface area (Å²) < 4.78 is 25.6. The molecule has 0 aliphatic heterocycles. The first-order valence-corrected chi connectivity index (χ1v) is 7.88. The molecule has 0 aliphatic rings. The first kappa shape index (κ1) is 15.4. The molecule has 106 valence electrons. The number of halogens is 3. The summed E-state index contributed by atoms with van der Waals surface area (Å²) in [6.45, 7) is 1.97. The molecule has 1 atom stereocenters. The largest absolute Gasteiger partial charge is 0.279 e. The number of benzene rings is 2. The maximum absolute atomic E-state index is 12.7. The van der Waals surface area contributed by atoms with Gasteiger partial charge >= 0.3 is 0 Å². The summed E-state index contributed by atoms with van der Waals surface area (Å²) in [5.41, 5.74) is 1.24. The van der Waals surface area contributed by atoms with Gasteiger partial charge in [-0.15, -0.1) is 0 Å². The molecule has 0 saturated heterocycles. The molecule has 0 heterocycles. The van der Waals surface area contributed by atoms with Crippen molar-refractivity contribution in [2.45, 2.75) is 26.2 Å². The van der Waals surface area contributed by atoms with Crippen LogP contribution in [0.5, 0.6) is 0 Å². The summed E-state index contributed by atoms with van der Waals surface area (Å²) in [6.07, 6.45) is 0.815. The van der Waals surface area contributed by atoms with Crippen LogP contribution in [0, 0.1) is 5.92 Å². The molecule has 1 unspecified atom stereocenters. The number of hydrogen-bond donors (Lipinski definition) is 0. The lowest BCUT2D eigenvalue weighted by Crippen LogP contribution is -2.02. The first-order chi connectivity index (χ1) is 9.63. The molecule has 0 spiro atoms. The second-order valence-electron chi connectivity index (χ2n) is 4.89. The Morgan fingerprint density at radius 1 is 1.10 bits per heavy atom. The van der Waals surface area contributed by atoms with Gasteiger partial charge in [0.1, 0.15) is 0 Å². The minimum atomic E-state index is -1.53. The third kappa shape index (κ3) is 3.57. The van der Waals surface area contributed by atoms with Crippen molar-refractivity contribution in [1.82, 2.24) is 0 Å². The average molecular weight is 386 g/mol. The molecule has 2 rings (SSSR count). The SMILES string of the molecule is CCC(CCc1cccc2ccccc12)C(I)=C(F)F. The molecule has 0 fully saturated rings. The average Bonchev–Trinajstić information content (AvgIpc) is 2.47. The van der Waals surface area contributed by atoms with E-state index in [1.165, 1.54) is 16.3 Å². The number of aryl methyl sites for hydroxylation is 1. The molecule has 2 aromatic rings. The Hall–Kier alpha value is -0.970. The lowest BCUT2D eigenvalue weighted by molar-refractivity contribution is 0.401. The highest BCUT2D eigenvalue weighted by atomic mass is 127. The summed E-state index contributed by atoms with van der Waals surface area (Å²) in [7, 11) is 0. The summed E-state index contributed by atoms with van der Waals surface area (Å²) in [5, 5.41) is 2.43. The molecule has 0 aliphatic carbocycles. The van der Waals surface area contributed by atoms with E-state index in [0.29, 0.717) is 0 Å². The monoisotopic (exact) mass is 386 g/mol. The highest BCUT2D eigenvalue weighted by Gasteiger charge is 2.15. The van der Waals surface area contributed by atoms with Gasteiger partial charge in [0.2, 0.25) is 0 Å². The van der Waals surface area contributed by atoms with Crippen molar-refractivity contribution in [3.63, 3.8) is 0 Å². The van der Waals surface area contributed by atoms with Crippen molar-refractivity contribution < 1.29 is 8.78 Å². The van der Waals surface area contributed by atoms with E-state index in [1.807, 2.05) is 25.1 Å². The summed E-state index contributed by atoms with van der Waals surface area (Å²) >= 11 is 1.78. The molecule has 3 heteroatoms. The van der Waals surface area contributed by atoms with Crippen LogP contribution in [0.15, 0.2) is 52.1 Å².